The van der Waals surface area contributed by atoms with Gasteiger partial charge in [0.2, 0.25) is 5.91 Å². The fourth-order valence-electron chi connectivity index (χ4n) is 4.25. The molecule has 1 aliphatic rings. The summed E-state index contributed by atoms with van der Waals surface area (Å²) in [6.07, 6.45) is -0.130. The molecule has 1 fully saturated rings. The molecule has 0 radical (unpaired) electrons. The van der Waals surface area contributed by atoms with E-state index in [1.165, 1.54) is 32.7 Å². The highest BCUT2D eigenvalue weighted by Crippen LogP contribution is 2.36. The van der Waals surface area contributed by atoms with Crippen molar-refractivity contribution in [3.63, 3.8) is 0 Å². The highest BCUT2D eigenvalue weighted by Gasteiger charge is 2.32. The molecule has 1 saturated heterocycles. The van der Waals surface area contributed by atoms with Gasteiger partial charge in [-0.05, 0) is 32.7 Å². The molecule has 1 atom stereocenters. The second-order valence-corrected chi connectivity index (χ2v) is 7.04. The van der Waals surface area contributed by atoms with Gasteiger partial charge in [0.25, 0.3) is 0 Å². The summed E-state index contributed by atoms with van der Waals surface area (Å²) in [4.78, 5) is 12.0. The first kappa shape index (κ1) is 16.0. The van der Waals surface area contributed by atoms with Gasteiger partial charge >= 0.3 is 0 Å². The zero-order chi connectivity index (χ0) is 18.2. The van der Waals surface area contributed by atoms with Crippen LogP contribution in [0.5, 0.6) is 0 Å². The van der Waals surface area contributed by atoms with Gasteiger partial charge in [-0.2, -0.15) is 0 Å². The van der Waals surface area contributed by atoms with Crippen molar-refractivity contribution in [2.24, 2.45) is 0 Å². The SMILES string of the molecule is O=C1CNC(C(c2cccc3ccccc23)c2cccc3ccccc23)N1. The Morgan fingerprint density at radius 1 is 0.704 bits per heavy atom. The lowest BCUT2D eigenvalue weighted by Gasteiger charge is -2.27. The summed E-state index contributed by atoms with van der Waals surface area (Å²) in [5.74, 6) is 0.0686. The number of rotatable bonds is 3. The van der Waals surface area contributed by atoms with Crippen molar-refractivity contribution in [2.75, 3.05) is 6.54 Å². The minimum atomic E-state index is -0.130. The van der Waals surface area contributed by atoms with Crippen LogP contribution in [0.25, 0.3) is 21.5 Å². The van der Waals surface area contributed by atoms with Crippen LogP contribution >= 0.6 is 0 Å². The van der Waals surface area contributed by atoms with E-state index in [0.29, 0.717) is 6.54 Å². The number of carbonyl (C=O) groups excluding carboxylic acids is 1. The van der Waals surface area contributed by atoms with Gasteiger partial charge in [-0.15, -0.1) is 0 Å². The van der Waals surface area contributed by atoms with E-state index in [1.807, 2.05) is 0 Å². The van der Waals surface area contributed by atoms with Gasteiger partial charge in [-0.1, -0.05) is 84.9 Å². The van der Waals surface area contributed by atoms with Crippen LogP contribution in [-0.4, -0.2) is 18.6 Å². The Morgan fingerprint density at radius 3 is 1.74 bits per heavy atom. The molecule has 132 valence electrons. The molecular weight excluding hydrogens is 332 g/mol. The third-order valence-corrected chi connectivity index (χ3v) is 5.45. The highest BCUT2D eigenvalue weighted by molar-refractivity contribution is 5.91. The number of amides is 1. The van der Waals surface area contributed by atoms with Gasteiger partial charge < -0.3 is 5.32 Å². The Morgan fingerprint density at radius 2 is 1.22 bits per heavy atom. The molecule has 1 unspecified atom stereocenters. The maximum absolute atomic E-state index is 12.0. The first-order chi connectivity index (χ1) is 13.3. The van der Waals surface area contributed by atoms with Crippen LogP contribution < -0.4 is 10.6 Å². The molecule has 1 amide bonds. The van der Waals surface area contributed by atoms with Gasteiger partial charge in [0, 0.05) is 5.92 Å². The van der Waals surface area contributed by atoms with E-state index in [4.69, 9.17) is 0 Å². The molecule has 0 aromatic heterocycles. The van der Waals surface area contributed by atoms with Crippen LogP contribution in [0.2, 0.25) is 0 Å². The quantitative estimate of drug-likeness (QED) is 0.581. The van der Waals surface area contributed by atoms with E-state index in [-0.39, 0.29) is 18.0 Å². The van der Waals surface area contributed by atoms with Crippen molar-refractivity contribution in [3.05, 3.63) is 96.1 Å². The number of hydrogen-bond donors (Lipinski definition) is 2. The molecule has 2 N–H and O–H groups in total. The highest BCUT2D eigenvalue weighted by atomic mass is 16.2. The molecule has 0 aliphatic carbocycles. The normalized spacial score (nSPS) is 16.9. The molecular formula is C24H20N2O. The molecule has 4 aromatic rings. The van der Waals surface area contributed by atoms with E-state index in [0.717, 1.165) is 0 Å². The standard InChI is InChI=1S/C24H20N2O/c27-22-15-25-24(26-22)23(20-13-5-9-16-7-1-3-11-18(16)20)21-14-6-10-17-8-2-4-12-19(17)21/h1-14,23-25H,15H2,(H,26,27). The summed E-state index contributed by atoms with van der Waals surface area (Å²) in [5.41, 5.74) is 2.45. The maximum atomic E-state index is 12.0. The van der Waals surface area contributed by atoms with Crippen LogP contribution in [0, 0.1) is 0 Å². The summed E-state index contributed by atoms with van der Waals surface area (Å²) in [6.45, 7) is 0.358. The summed E-state index contributed by atoms with van der Waals surface area (Å²) < 4.78 is 0. The largest absolute Gasteiger partial charge is 0.339 e. The Hall–Kier alpha value is -3.17. The lowest BCUT2D eigenvalue weighted by Crippen LogP contribution is -2.39. The summed E-state index contributed by atoms with van der Waals surface area (Å²) in [5, 5.41) is 11.4. The zero-order valence-corrected chi connectivity index (χ0v) is 14.9. The van der Waals surface area contributed by atoms with Gasteiger partial charge in [0.1, 0.15) is 0 Å². The molecule has 0 saturated carbocycles. The van der Waals surface area contributed by atoms with E-state index < -0.39 is 0 Å². The van der Waals surface area contributed by atoms with Crippen molar-refractivity contribution >= 4 is 27.5 Å². The number of hydrogen-bond acceptors (Lipinski definition) is 2. The van der Waals surface area contributed by atoms with Gasteiger partial charge in [0.15, 0.2) is 0 Å². The molecule has 27 heavy (non-hydrogen) atoms. The number of benzene rings is 4. The Kier molecular flexibility index (Phi) is 3.88. The minimum Gasteiger partial charge on any atom is -0.339 e. The predicted octanol–water partition coefficient (Wildman–Crippen LogP) is 4.17. The van der Waals surface area contributed by atoms with E-state index in [9.17, 15) is 4.79 Å². The lowest BCUT2D eigenvalue weighted by molar-refractivity contribution is -0.118. The molecule has 0 spiro atoms. The van der Waals surface area contributed by atoms with Crippen molar-refractivity contribution < 1.29 is 4.79 Å². The molecule has 5 rings (SSSR count). The molecule has 3 heteroatoms. The average molecular weight is 352 g/mol. The van der Waals surface area contributed by atoms with Crippen LogP contribution in [0.1, 0.15) is 17.0 Å². The monoisotopic (exact) mass is 352 g/mol. The Balaban J connectivity index is 1.78. The second-order valence-electron chi connectivity index (χ2n) is 7.04. The molecule has 4 aromatic carbocycles. The van der Waals surface area contributed by atoms with Crippen LogP contribution in [-0.2, 0) is 4.79 Å². The molecule has 1 aliphatic heterocycles. The fraction of sp³-hybridized carbons (Fsp3) is 0.125. The van der Waals surface area contributed by atoms with Crippen molar-refractivity contribution in [3.8, 4) is 0 Å². The maximum Gasteiger partial charge on any atom is 0.235 e. The van der Waals surface area contributed by atoms with E-state index >= 15 is 0 Å². The first-order valence-electron chi connectivity index (χ1n) is 9.29. The lowest BCUT2D eigenvalue weighted by atomic mass is 9.83. The summed E-state index contributed by atoms with van der Waals surface area (Å²) in [7, 11) is 0. The van der Waals surface area contributed by atoms with Crippen molar-refractivity contribution in [1.29, 1.82) is 0 Å². The van der Waals surface area contributed by atoms with Gasteiger partial charge in [-0.25, -0.2) is 0 Å². The number of fused-ring (bicyclic) bond motifs is 2. The zero-order valence-electron chi connectivity index (χ0n) is 14.9. The van der Waals surface area contributed by atoms with Crippen LogP contribution in [0.4, 0.5) is 0 Å². The molecule has 3 nitrogen and oxygen atoms in total. The summed E-state index contributed by atoms with van der Waals surface area (Å²) in [6, 6.07) is 29.7. The first-order valence-corrected chi connectivity index (χ1v) is 9.29. The predicted molar refractivity (Wildman–Crippen MR) is 110 cm³/mol. The average Bonchev–Trinajstić information content (AvgIpc) is 3.14. The van der Waals surface area contributed by atoms with Gasteiger partial charge in [-0.3, -0.25) is 10.1 Å². The fourth-order valence-corrected chi connectivity index (χ4v) is 4.25. The molecule has 1 heterocycles. The third-order valence-electron chi connectivity index (χ3n) is 5.45. The van der Waals surface area contributed by atoms with Crippen molar-refractivity contribution in [1.82, 2.24) is 10.6 Å². The van der Waals surface area contributed by atoms with E-state index in [2.05, 4.69) is 95.6 Å². The Labute approximate surface area is 158 Å². The summed E-state index contributed by atoms with van der Waals surface area (Å²) >= 11 is 0. The van der Waals surface area contributed by atoms with Crippen molar-refractivity contribution in [2.45, 2.75) is 12.1 Å². The van der Waals surface area contributed by atoms with Crippen LogP contribution in [0.15, 0.2) is 84.9 Å². The minimum absolute atomic E-state index is 0.0219. The van der Waals surface area contributed by atoms with Crippen LogP contribution in [0.3, 0.4) is 0 Å². The van der Waals surface area contributed by atoms with E-state index in [1.54, 1.807) is 0 Å². The smallest absolute Gasteiger partial charge is 0.235 e. The molecule has 0 bridgehead atoms. The third kappa shape index (κ3) is 2.77. The second kappa shape index (κ2) is 6.53. The number of carbonyl (C=O) groups is 1. The van der Waals surface area contributed by atoms with Gasteiger partial charge in [0.05, 0.1) is 12.7 Å². The number of nitrogens with one attached hydrogen (secondary N) is 2. The topological polar surface area (TPSA) is 41.1 Å². The Bertz CT molecular complexity index is 1060.